The van der Waals surface area contributed by atoms with Gasteiger partial charge in [0.2, 0.25) is 0 Å². The quantitative estimate of drug-likeness (QED) is 0.256. The second-order valence-electron chi connectivity index (χ2n) is 8.46. The van der Waals surface area contributed by atoms with Crippen LogP contribution in [0.5, 0.6) is 0 Å². The van der Waals surface area contributed by atoms with Crippen molar-refractivity contribution in [3.63, 3.8) is 0 Å². The average molecular weight is 327 g/mol. The summed E-state index contributed by atoms with van der Waals surface area (Å²) in [5, 5.41) is 0. The summed E-state index contributed by atoms with van der Waals surface area (Å²) in [6, 6.07) is 0. The van der Waals surface area contributed by atoms with E-state index < -0.39 is 0 Å². The molecule has 0 saturated heterocycles. The first kappa shape index (κ1) is 22.5. The summed E-state index contributed by atoms with van der Waals surface area (Å²) in [5.41, 5.74) is 0.361. The number of unbranched alkanes of at least 4 members (excludes halogenated alkanes) is 8. The Balaban J connectivity index is 3.37. The van der Waals surface area contributed by atoms with E-state index in [0.29, 0.717) is 24.4 Å². The van der Waals surface area contributed by atoms with Crippen molar-refractivity contribution >= 4 is 5.97 Å². The third-order valence-corrected chi connectivity index (χ3v) is 4.32. The van der Waals surface area contributed by atoms with Crippen molar-refractivity contribution in [2.24, 2.45) is 11.3 Å². The smallest absolute Gasteiger partial charge is 0.305 e. The summed E-state index contributed by atoms with van der Waals surface area (Å²) in [5.74, 6) is 0.617. The zero-order chi connectivity index (χ0) is 17.6. The molecule has 138 valence electrons. The van der Waals surface area contributed by atoms with Gasteiger partial charge in [-0.05, 0) is 30.6 Å². The Hall–Kier alpha value is -0.530. The summed E-state index contributed by atoms with van der Waals surface area (Å²) in [4.78, 5) is 11.7. The largest absolute Gasteiger partial charge is 0.466 e. The molecule has 0 bridgehead atoms. The molecule has 0 radical (unpaired) electrons. The van der Waals surface area contributed by atoms with Crippen LogP contribution in [0.4, 0.5) is 0 Å². The normalized spacial score (nSPS) is 13.1. The maximum Gasteiger partial charge on any atom is 0.305 e. The summed E-state index contributed by atoms with van der Waals surface area (Å²) >= 11 is 0. The first-order valence-corrected chi connectivity index (χ1v) is 10.0. The molecule has 0 aliphatic rings. The molecule has 23 heavy (non-hydrogen) atoms. The number of esters is 1. The van der Waals surface area contributed by atoms with Crippen LogP contribution < -0.4 is 0 Å². The highest BCUT2D eigenvalue weighted by atomic mass is 16.5. The first-order valence-electron chi connectivity index (χ1n) is 10.0. The Bertz CT molecular complexity index is 278. The maximum absolute atomic E-state index is 11.7. The second-order valence-corrected chi connectivity index (χ2v) is 8.46. The van der Waals surface area contributed by atoms with E-state index in [1.54, 1.807) is 0 Å². The molecule has 0 heterocycles. The molecule has 0 N–H and O–H groups in total. The second kappa shape index (κ2) is 13.9. The van der Waals surface area contributed by atoms with Crippen molar-refractivity contribution in [3.05, 3.63) is 0 Å². The Morgan fingerprint density at radius 1 is 0.913 bits per heavy atom. The highest BCUT2D eigenvalue weighted by Gasteiger charge is 2.15. The molecule has 0 aromatic carbocycles. The molecule has 1 unspecified atom stereocenters. The van der Waals surface area contributed by atoms with Gasteiger partial charge in [-0.3, -0.25) is 4.79 Å². The van der Waals surface area contributed by atoms with Gasteiger partial charge < -0.3 is 4.74 Å². The minimum Gasteiger partial charge on any atom is -0.466 e. The molecule has 0 amide bonds. The fourth-order valence-corrected chi connectivity index (χ4v) is 3.17. The number of hydrogen-bond donors (Lipinski definition) is 0. The van der Waals surface area contributed by atoms with E-state index in [4.69, 9.17) is 4.74 Å². The summed E-state index contributed by atoms with van der Waals surface area (Å²) < 4.78 is 5.36. The minimum absolute atomic E-state index is 0.00379. The molecule has 0 saturated carbocycles. The van der Waals surface area contributed by atoms with E-state index in [2.05, 4.69) is 34.6 Å². The van der Waals surface area contributed by atoms with Crippen LogP contribution in [0.25, 0.3) is 0 Å². The molecule has 0 aliphatic heterocycles. The molecule has 2 nitrogen and oxygen atoms in total. The Morgan fingerprint density at radius 2 is 1.43 bits per heavy atom. The number of rotatable bonds is 14. The van der Waals surface area contributed by atoms with Crippen LogP contribution in [0.1, 0.15) is 112 Å². The van der Waals surface area contributed by atoms with Crippen LogP contribution >= 0.6 is 0 Å². The lowest BCUT2D eigenvalue weighted by Crippen LogP contribution is -2.14. The van der Waals surface area contributed by atoms with Gasteiger partial charge in [0.15, 0.2) is 0 Å². The van der Waals surface area contributed by atoms with Crippen LogP contribution in [-0.4, -0.2) is 12.6 Å². The van der Waals surface area contributed by atoms with Crippen molar-refractivity contribution in [2.45, 2.75) is 112 Å². The van der Waals surface area contributed by atoms with E-state index in [0.717, 1.165) is 12.8 Å². The molecule has 2 heteroatoms. The van der Waals surface area contributed by atoms with E-state index in [-0.39, 0.29) is 5.97 Å². The molecule has 0 aliphatic carbocycles. The van der Waals surface area contributed by atoms with Gasteiger partial charge in [0.25, 0.3) is 0 Å². The van der Waals surface area contributed by atoms with Crippen LogP contribution in [-0.2, 0) is 9.53 Å². The topological polar surface area (TPSA) is 26.3 Å². The first-order chi connectivity index (χ1) is 10.8. The van der Waals surface area contributed by atoms with Gasteiger partial charge in [0, 0.05) is 6.42 Å². The van der Waals surface area contributed by atoms with Gasteiger partial charge >= 0.3 is 5.97 Å². The monoisotopic (exact) mass is 326 g/mol. The number of hydrogen-bond acceptors (Lipinski definition) is 2. The molecule has 0 aromatic heterocycles. The molecule has 0 spiro atoms. The molecule has 0 rings (SSSR count). The van der Waals surface area contributed by atoms with Crippen molar-refractivity contribution in [1.82, 2.24) is 0 Å². The standard InChI is InChI=1S/C21H42O2/c1-6-7-8-9-10-11-12-13-14-15-20(22)23-17-16-19(2)18-21(3,4)5/h19H,6-18H2,1-5H3. The Morgan fingerprint density at radius 3 is 1.96 bits per heavy atom. The van der Waals surface area contributed by atoms with E-state index in [9.17, 15) is 4.79 Å². The van der Waals surface area contributed by atoms with Crippen molar-refractivity contribution in [3.8, 4) is 0 Å². The lowest BCUT2D eigenvalue weighted by atomic mass is 9.84. The van der Waals surface area contributed by atoms with Crippen LogP contribution in [0.15, 0.2) is 0 Å². The van der Waals surface area contributed by atoms with Gasteiger partial charge in [0.1, 0.15) is 0 Å². The fraction of sp³-hybridized carbons (Fsp3) is 0.952. The zero-order valence-corrected chi connectivity index (χ0v) is 16.6. The Labute approximate surface area is 145 Å². The SMILES string of the molecule is CCCCCCCCCCCC(=O)OCCC(C)CC(C)(C)C. The van der Waals surface area contributed by atoms with Gasteiger partial charge in [0.05, 0.1) is 6.61 Å². The molecule has 0 aromatic rings. The third-order valence-electron chi connectivity index (χ3n) is 4.32. The van der Waals surface area contributed by atoms with E-state index in [1.807, 2.05) is 0 Å². The molecule has 1 atom stereocenters. The summed E-state index contributed by atoms with van der Waals surface area (Å²) in [6.45, 7) is 11.9. The third kappa shape index (κ3) is 17.7. The highest BCUT2D eigenvalue weighted by Crippen LogP contribution is 2.25. The molecule has 0 fully saturated rings. The van der Waals surface area contributed by atoms with Gasteiger partial charge in [-0.2, -0.15) is 0 Å². The average Bonchev–Trinajstić information content (AvgIpc) is 2.43. The zero-order valence-electron chi connectivity index (χ0n) is 16.6. The number of carbonyl (C=O) groups is 1. The lowest BCUT2D eigenvalue weighted by molar-refractivity contribution is -0.144. The minimum atomic E-state index is -0.00379. The highest BCUT2D eigenvalue weighted by molar-refractivity contribution is 5.69. The summed E-state index contributed by atoms with van der Waals surface area (Å²) in [6.07, 6.45) is 14.3. The van der Waals surface area contributed by atoms with Crippen molar-refractivity contribution in [1.29, 1.82) is 0 Å². The lowest BCUT2D eigenvalue weighted by Gasteiger charge is -2.22. The van der Waals surface area contributed by atoms with Crippen molar-refractivity contribution < 1.29 is 9.53 Å². The fourth-order valence-electron chi connectivity index (χ4n) is 3.17. The predicted octanol–water partition coefficient (Wildman–Crippen LogP) is 6.91. The molecular weight excluding hydrogens is 284 g/mol. The van der Waals surface area contributed by atoms with Gasteiger partial charge in [-0.15, -0.1) is 0 Å². The van der Waals surface area contributed by atoms with Gasteiger partial charge in [-0.1, -0.05) is 86.0 Å². The van der Waals surface area contributed by atoms with Crippen molar-refractivity contribution in [2.75, 3.05) is 6.61 Å². The van der Waals surface area contributed by atoms with E-state index >= 15 is 0 Å². The number of ether oxygens (including phenoxy) is 1. The number of carbonyl (C=O) groups excluding carboxylic acids is 1. The van der Waals surface area contributed by atoms with Crippen LogP contribution in [0.3, 0.4) is 0 Å². The Kier molecular flexibility index (Phi) is 13.5. The van der Waals surface area contributed by atoms with Crippen LogP contribution in [0, 0.1) is 11.3 Å². The van der Waals surface area contributed by atoms with Gasteiger partial charge in [-0.25, -0.2) is 0 Å². The van der Waals surface area contributed by atoms with E-state index in [1.165, 1.54) is 57.8 Å². The van der Waals surface area contributed by atoms with Crippen LogP contribution in [0.2, 0.25) is 0 Å². The summed E-state index contributed by atoms with van der Waals surface area (Å²) in [7, 11) is 0. The maximum atomic E-state index is 11.7. The molecular formula is C21H42O2. The predicted molar refractivity (Wildman–Crippen MR) is 101 cm³/mol.